The Bertz CT molecular complexity index is 367. The van der Waals surface area contributed by atoms with Crippen LogP contribution in [0.1, 0.15) is 10.4 Å². The van der Waals surface area contributed by atoms with Gasteiger partial charge < -0.3 is 15.6 Å². The Morgan fingerprint density at radius 1 is 1.33 bits per heavy atom. The predicted octanol–water partition coefficient (Wildman–Crippen LogP) is 0.0318. The van der Waals surface area contributed by atoms with Crippen LogP contribution < -0.4 is 5.73 Å². The van der Waals surface area contributed by atoms with Crippen LogP contribution in [-0.4, -0.2) is 23.6 Å². The molecule has 0 bridgehead atoms. The van der Waals surface area contributed by atoms with Crippen LogP contribution in [0.4, 0.5) is 0 Å². The number of benzene rings is 1. The summed E-state index contributed by atoms with van der Waals surface area (Å²) in [5.41, 5.74) is 4.89. The van der Waals surface area contributed by atoms with Crippen LogP contribution in [-0.2, 0) is 26.6 Å². The fourth-order valence-corrected chi connectivity index (χ4v) is 0.846. The maximum atomic E-state index is 11.2. The minimum atomic E-state index is -0.904. The van der Waals surface area contributed by atoms with Gasteiger partial charge in [-0.3, -0.25) is 4.79 Å². The van der Waals surface area contributed by atoms with Crippen LogP contribution in [0, 0.1) is 0 Å². The molecule has 0 aliphatic heterocycles. The fourth-order valence-electron chi connectivity index (χ4n) is 0.846. The molecule has 1 rings (SSSR count). The van der Waals surface area contributed by atoms with Crippen molar-refractivity contribution in [1.82, 2.24) is 0 Å². The molecule has 0 unspecified atom stereocenters. The van der Waals surface area contributed by atoms with Gasteiger partial charge in [-0.2, -0.15) is 0 Å². The molecule has 85 valence electrons. The van der Waals surface area contributed by atoms with E-state index in [1.807, 2.05) is 0 Å². The van der Waals surface area contributed by atoms with Crippen molar-refractivity contribution in [2.45, 2.75) is 0 Å². The number of hydrogen-bond donors (Lipinski definition) is 2. The zero-order valence-corrected chi connectivity index (χ0v) is 8.51. The molecule has 0 spiro atoms. The van der Waals surface area contributed by atoms with E-state index in [0.717, 1.165) is 0 Å². The number of aromatic hydroxyl groups is 1. The van der Waals surface area contributed by atoms with E-state index in [-0.39, 0.29) is 34.9 Å². The summed E-state index contributed by atoms with van der Waals surface area (Å²) < 4.78 is 4.30. The largest absolute Gasteiger partial charge is 0.507 e. The van der Waals surface area contributed by atoms with Crippen molar-refractivity contribution in [3.8, 4) is 5.75 Å². The summed E-state index contributed by atoms with van der Waals surface area (Å²) in [5.74, 6) is -1.97. The summed E-state index contributed by atoms with van der Waals surface area (Å²) in [4.78, 5) is 21.8. The Balaban J connectivity index is 0.00000196. The second-order valence-corrected chi connectivity index (χ2v) is 2.48. The molecule has 1 aromatic carbocycles. The van der Waals surface area contributed by atoms with Gasteiger partial charge in [0.25, 0.3) is 0 Å². The standard InChI is InChI=1S/C9H9NO4.Cu/c10-5-8(12)14-9(13)6-3-1-2-4-7(6)11;/h1-4,11H,5,10H2;. The molecule has 5 nitrogen and oxygen atoms in total. The number of hydrogen-bond acceptors (Lipinski definition) is 5. The summed E-state index contributed by atoms with van der Waals surface area (Å²) in [6.07, 6.45) is 0. The summed E-state index contributed by atoms with van der Waals surface area (Å²) >= 11 is 0. The number of para-hydroxylation sites is 1. The maximum absolute atomic E-state index is 11.2. The van der Waals surface area contributed by atoms with Gasteiger partial charge in [0.15, 0.2) is 0 Å². The molecule has 0 aliphatic rings. The molecule has 0 heterocycles. The topological polar surface area (TPSA) is 89.6 Å². The average molecular weight is 259 g/mol. The third-order valence-corrected chi connectivity index (χ3v) is 1.50. The number of ether oxygens (including phenoxy) is 1. The van der Waals surface area contributed by atoms with E-state index in [1.165, 1.54) is 12.1 Å². The molecule has 0 amide bonds. The third-order valence-electron chi connectivity index (χ3n) is 1.50. The Hall–Kier alpha value is -1.36. The van der Waals surface area contributed by atoms with E-state index < -0.39 is 11.9 Å². The molecule has 1 aromatic rings. The SMILES string of the molecule is NCC(=O)OC(=O)c1ccccc1O.[Cu]. The summed E-state index contributed by atoms with van der Waals surface area (Å²) in [5, 5.41) is 9.22. The summed E-state index contributed by atoms with van der Waals surface area (Å²) in [7, 11) is 0. The van der Waals surface area contributed by atoms with Crippen LogP contribution in [0.15, 0.2) is 24.3 Å². The van der Waals surface area contributed by atoms with Crippen molar-refractivity contribution in [1.29, 1.82) is 0 Å². The predicted molar refractivity (Wildman–Crippen MR) is 47.6 cm³/mol. The zero-order chi connectivity index (χ0) is 10.6. The number of rotatable bonds is 2. The Labute approximate surface area is 96.7 Å². The first-order valence-corrected chi connectivity index (χ1v) is 3.88. The van der Waals surface area contributed by atoms with Crippen molar-refractivity contribution in [2.24, 2.45) is 5.73 Å². The molecule has 1 radical (unpaired) electrons. The van der Waals surface area contributed by atoms with Gasteiger partial charge in [0, 0.05) is 17.1 Å². The first kappa shape index (κ1) is 13.6. The quantitative estimate of drug-likeness (QED) is 0.444. The summed E-state index contributed by atoms with van der Waals surface area (Å²) in [6.45, 7) is -0.376. The van der Waals surface area contributed by atoms with Gasteiger partial charge in [-0.25, -0.2) is 4.79 Å². The smallest absolute Gasteiger partial charge is 0.349 e. The van der Waals surface area contributed by atoms with E-state index >= 15 is 0 Å². The van der Waals surface area contributed by atoms with E-state index in [0.29, 0.717) is 0 Å². The molecule has 6 heteroatoms. The van der Waals surface area contributed by atoms with Gasteiger partial charge in [0.1, 0.15) is 11.3 Å². The van der Waals surface area contributed by atoms with Crippen LogP contribution >= 0.6 is 0 Å². The average Bonchev–Trinajstić information content (AvgIpc) is 2.18. The minimum Gasteiger partial charge on any atom is -0.507 e. The second-order valence-electron chi connectivity index (χ2n) is 2.48. The number of carbonyl (C=O) groups is 2. The molecule has 0 fully saturated rings. The van der Waals surface area contributed by atoms with Gasteiger partial charge in [0.2, 0.25) is 0 Å². The number of phenolic OH excluding ortho intramolecular Hbond substituents is 1. The monoisotopic (exact) mass is 258 g/mol. The van der Waals surface area contributed by atoms with Gasteiger partial charge in [-0.1, -0.05) is 12.1 Å². The molecule has 0 saturated carbocycles. The third kappa shape index (κ3) is 3.71. The normalized spacial score (nSPS) is 8.87. The van der Waals surface area contributed by atoms with Crippen LogP contribution in [0.5, 0.6) is 5.75 Å². The van der Waals surface area contributed by atoms with E-state index in [4.69, 9.17) is 5.73 Å². The van der Waals surface area contributed by atoms with Gasteiger partial charge in [-0.05, 0) is 12.1 Å². The van der Waals surface area contributed by atoms with Crippen LogP contribution in [0.3, 0.4) is 0 Å². The number of nitrogens with two attached hydrogens (primary N) is 1. The molecule has 15 heavy (non-hydrogen) atoms. The van der Waals surface area contributed by atoms with Crippen molar-refractivity contribution >= 4 is 11.9 Å². The minimum absolute atomic E-state index is 0. The first-order valence-electron chi connectivity index (χ1n) is 3.88. The van der Waals surface area contributed by atoms with Crippen molar-refractivity contribution in [3.63, 3.8) is 0 Å². The Morgan fingerprint density at radius 3 is 2.47 bits per heavy atom. The van der Waals surface area contributed by atoms with E-state index in [2.05, 4.69) is 4.74 Å². The second kappa shape index (κ2) is 6.18. The van der Waals surface area contributed by atoms with Crippen LogP contribution in [0.25, 0.3) is 0 Å². The Kier molecular flexibility index (Phi) is 5.62. The maximum Gasteiger partial charge on any atom is 0.349 e. The number of phenols is 1. The van der Waals surface area contributed by atoms with E-state index in [9.17, 15) is 14.7 Å². The van der Waals surface area contributed by atoms with Crippen molar-refractivity contribution in [2.75, 3.05) is 6.54 Å². The van der Waals surface area contributed by atoms with Crippen LogP contribution in [0.2, 0.25) is 0 Å². The summed E-state index contributed by atoms with van der Waals surface area (Å²) in [6, 6.07) is 5.77. The molecule has 3 N–H and O–H groups in total. The number of carbonyl (C=O) groups excluding carboxylic acids is 2. The first-order chi connectivity index (χ1) is 6.65. The molecule has 0 aromatic heterocycles. The molecule has 0 saturated heterocycles. The molecule has 0 atom stereocenters. The van der Waals surface area contributed by atoms with Gasteiger partial charge in [0.05, 0.1) is 6.54 Å². The van der Waals surface area contributed by atoms with Crippen molar-refractivity contribution in [3.05, 3.63) is 29.8 Å². The Morgan fingerprint density at radius 2 is 1.93 bits per heavy atom. The van der Waals surface area contributed by atoms with Gasteiger partial charge in [-0.15, -0.1) is 0 Å². The molecular weight excluding hydrogens is 250 g/mol. The number of esters is 2. The van der Waals surface area contributed by atoms with Gasteiger partial charge >= 0.3 is 11.9 Å². The molecular formula is C9H9CuNO4. The van der Waals surface area contributed by atoms with Crippen molar-refractivity contribution < 1.29 is 36.5 Å². The zero-order valence-electron chi connectivity index (χ0n) is 7.57. The molecule has 0 aliphatic carbocycles. The fraction of sp³-hybridized carbons (Fsp3) is 0.111. The van der Waals surface area contributed by atoms with E-state index in [1.54, 1.807) is 12.1 Å².